The van der Waals surface area contributed by atoms with E-state index in [1.54, 1.807) is 7.11 Å². The fraction of sp³-hybridized carbons (Fsp3) is 0.562. The largest absolute Gasteiger partial charge is 0.382 e. The first-order chi connectivity index (χ1) is 10.2. The quantitative estimate of drug-likeness (QED) is 0.649. The molecule has 1 atom stereocenters. The van der Waals surface area contributed by atoms with Gasteiger partial charge in [0.15, 0.2) is 0 Å². The second kappa shape index (κ2) is 10.3. The number of hydrogen-bond donors (Lipinski definition) is 2. The minimum atomic E-state index is 0.0147. The maximum absolute atomic E-state index is 11.9. The molecule has 5 heteroatoms. The summed E-state index contributed by atoms with van der Waals surface area (Å²) < 4.78 is 10.4. The highest BCUT2D eigenvalue weighted by Crippen LogP contribution is 2.12. The molecular formula is C16H26N2O3. The number of anilines is 1. The lowest BCUT2D eigenvalue weighted by Crippen LogP contribution is -2.30. The predicted molar refractivity (Wildman–Crippen MR) is 84.4 cm³/mol. The second-order valence-electron chi connectivity index (χ2n) is 4.96. The fourth-order valence-corrected chi connectivity index (χ4v) is 1.98. The summed E-state index contributed by atoms with van der Waals surface area (Å²) in [6, 6.07) is 7.88. The molecule has 1 unspecified atom stereocenters. The van der Waals surface area contributed by atoms with Crippen molar-refractivity contribution in [1.29, 1.82) is 0 Å². The van der Waals surface area contributed by atoms with Gasteiger partial charge in [-0.2, -0.15) is 0 Å². The van der Waals surface area contributed by atoms with Crippen molar-refractivity contribution in [2.24, 2.45) is 0 Å². The first-order valence-electron chi connectivity index (χ1n) is 7.34. The average Bonchev–Trinajstić information content (AvgIpc) is 2.44. The Hall–Kier alpha value is -1.43. The minimum Gasteiger partial charge on any atom is -0.382 e. The SMILES string of the molecule is CCNC(C)CC(=O)Nc1cccc(COCCOC)c1. The number of hydrogen-bond acceptors (Lipinski definition) is 4. The van der Waals surface area contributed by atoms with Crippen LogP contribution in [0.3, 0.4) is 0 Å². The van der Waals surface area contributed by atoms with E-state index in [4.69, 9.17) is 9.47 Å². The summed E-state index contributed by atoms with van der Waals surface area (Å²) in [4.78, 5) is 11.9. The van der Waals surface area contributed by atoms with Crippen LogP contribution in [0.5, 0.6) is 0 Å². The summed E-state index contributed by atoms with van der Waals surface area (Å²) in [5.41, 5.74) is 1.83. The van der Waals surface area contributed by atoms with Crippen LogP contribution in [0, 0.1) is 0 Å². The lowest BCUT2D eigenvalue weighted by Gasteiger charge is -2.12. The van der Waals surface area contributed by atoms with E-state index in [0.717, 1.165) is 17.8 Å². The van der Waals surface area contributed by atoms with Crippen molar-refractivity contribution in [3.63, 3.8) is 0 Å². The molecule has 1 rings (SSSR count). The van der Waals surface area contributed by atoms with Gasteiger partial charge in [-0.3, -0.25) is 4.79 Å². The van der Waals surface area contributed by atoms with Crippen molar-refractivity contribution in [3.8, 4) is 0 Å². The van der Waals surface area contributed by atoms with Crippen LogP contribution in [0.2, 0.25) is 0 Å². The highest BCUT2D eigenvalue weighted by Gasteiger charge is 2.08. The number of carbonyl (C=O) groups is 1. The second-order valence-corrected chi connectivity index (χ2v) is 4.96. The van der Waals surface area contributed by atoms with Gasteiger partial charge in [-0.05, 0) is 31.2 Å². The van der Waals surface area contributed by atoms with E-state index >= 15 is 0 Å². The van der Waals surface area contributed by atoms with E-state index in [1.807, 2.05) is 38.1 Å². The van der Waals surface area contributed by atoms with Gasteiger partial charge in [0.1, 0.15) is 0 Å². The van der Waals surface area contributed by atoms with E-state index in [9.17, 15) is 4.79 Å². The lowest BCUT2D eigenvalue weighted by atomic mass is 10.2. The van der Waals surface area contributed by atoms with Crippen LogP contribution in [-0.4, -0.2) is 38.8 Å². The number of methoxy groups -OCH3 is 1. The minimum absolute atomic E-state index is 0.0147. The Morgan fingerprint density at radius 2 is 2.14 bits per heavy atom. The normalized spacial score (nSPS) is 12.1. The smallest absolute Gasteiger partial charge is 0.225 e. The maximum atomic E-state index is 11.9. The van der Waals surface area contributed by atoms with Crippen LogP contribution in [0.1, 0.15) is 25.8 Å². The molecule has 1 aromatic rings. The van der Waals surface area contributed by atoms with Crippen molar-refractivity contribution >= 4 is 11.6 Å². The van der Waals surface area contributed by atoms with E-state index < -0.39 is 0 Å². The molecule has 0 heterocycles. The van der Waals surface area contributed by atoms with Gasteiger partial charge in [0.05, 0.1) is 19.8 Å². The van der Waals surface area contributed by atoms with Gasteiger partial charge in [-0.1, -0.05) is 19.1 Å². The molecule has 5 nitrogen and oxygen atoms in total. The molecule has 0 aliphatic rings. The summed E-state index contributed by atoms with van der Waals surface area (Å²) in [5.74, 6) is 0.0147. The molecule has 21 heavy (non-hydrogen) atoms. The molecule has 0 bridgehead atoms. The first-order valence-corrected chi connectivity index (χ1v) is 7.34. The maximum Gasteiger partial charge on any atom is 0.225 e. The van der Waals surface area contributed by atoms with Gasteiger partial charge in [0, 0.05) is 25.3 Å². The van der Waals surface area contributed by atoms with Crippen LogP contribution >= 0.6 is 0 Å². The molecule has 0 aromatic heterocycles. The first kappa shape index (κ1) is 17.6. The highest BCUT2D eigenvalue weighted by molar-refractivity contribution is 5.91. The Bertz CT molecular complexity index is 424. The highest BCUT2D eigenvalue weighted by atomic mass is 16.5. The van der Waals surface area contributed by atoms with E-state index in [-0.39, 0.29) is 11.9 Å². The summed E-state index contributed by atoms with van der Waals surface area (Å²) in [6.45, 7) is 6.56. The molecule has 0 aliphatic carbocycles. The Kier molecular flexibility index (Phi) is 8.66. The molecule has 0 radical (unpaired) electrons. The van der Waals surface area contributed by atoms with Crippen molar-refractivity contribution in [2.75, 3.05) is 32.2 Å². The predicted octanol–water partition coefficient (Wildman–Crippen LogP) is 2.18. The molecule has 2 N–H and O–H groups in total. The summed E-state index contributed by atoms with van der Waals surface area (Å²) in [6.07, 6.45) is 0.461. The van der Waals surface area contributed by atoms with Gasteiger partial charge in [-0.15, -0.1) is 0 Å². The molecule has 0 fully saturated rings. The number of amides is 1. The van der Waals surface area contributed by atoms with Crippen molar-refractivity contribution in [1.82, 2.24) is 5.32 Å². The zero-order chi connectivity index (χ0) is 15.5. The summed E-state index contributed by atoms with van der Waals surface area (Å²) in [7, 11) is 1.65. The Morgan fingerprint density at radius 1 is 1.33 bits per heavy atom. The van der Waals surface area contributed by atoms with Gasteiger partial charge in [0.2, 0.25) is 5.91 Å². The van der Waals surface area contributed by atoms with Crippen LogP contribution in [0.4, 0.5) is 5.69 Å². The van der Waals surface area contributed by atoms with E-state index in [1.165, 1.54) is 0 Å². The van der Waals surface area contributed by atoms with Crippen LogP contribution in [-0.2, 0) is 20.9 Å². The van der Waals surface area contributed by atoms with Crippen molar-refractivity contribution < 1.29 is 14.3 Å². The fourth-order valence-electron chi connectivity index (χ4n) is 1.98. The number of rotatable bonds is 10. The standard InChI is InChI=1S/C16H26N2O3/c1-4-17-13(2)10-16(19)18-15-7-5-6-14(11-15)12-21-9-8-20-3/h5-7,11,13,17H,4,8-10,12H2,1-3H3,(H,18,19). The zero-order valence-corrected chi connectivity index (χ0v) is 13.1. The van der Waals surface area contributed by atoms with Gasteiger partial charge < -0.3 is 20.1 Å². The summed E-state index contributed by atoms with van der Waals surface area (Å²) in [5, 5.41) is 6.13. The monoisotopic (exact) mass is 294 g/mol. The van der Waals surface area contributed by atoms with Gasteiger partial charge in [0.25, 0.3) is 0 Å². The van der Waals surface area contributed by atoms with Gasteiger partial charge in [-0.25, -0.2) is 0 Å². The molecule has 0 spiro atoms. The van der Waals surface area contributed by atoms with Crippen molar-refractivity contribution in [3.05, 3.63) is 29.8 Å². The Balaban J connectivity index is 2.42. The van der Waals surface area contributed by atoms with Crippen molar-refractivity contribution in [2.45, 2.75) is 32.9 Å². The molecule has 118 valence electrons. The number of ether oxygens (including phenoxy) is 2. The Morgan fingerprint density at radius 3 is 2.86 bits per heavy atom. The van der Waals surface area contributed by atoms with Crippen LogP contribution in [0.15, 0.2) is 24.3 Å². The molecule has 0 aliphatic heterocycles. The molecule has 0 saturated carbocycles. The van der Waals surface area contributed by atoms with Gasteiger partial charge >= 0.3 is 0 Å². The topological polar surface area (TPSA) is 59.6 Å². The number of nitrogens with one attached hydrogen (secondary N) is 2. The molecule has 1 amide bonds. The third kappa shape index (κ3) is 7.80. The zero-order valence-electron chi connectivity index (χ0n) is 13.1. The molecule has 1 aromatic carbocycles. The third-order valence-corrected chi connectivity index (χ3v) is 2.96. The molecule has 0 saturated heterocycles. The number of benzene rings is 1. The average molecular weight is 294 g/mol. The van der Waals surface area contributed by atoms with Crippen LogP contribution in [0.25, 0.3) is 0 Å². The van der Waals surface area contributed by atoms with E-state index in [2.05, 4.69) is 10.6 Å². The third-order valence-electron chi connectivity index (χ3n) is 2.96. The molecular weight excluding hydrogens is 268 g/mol. The summed E-state index contributed by atoms with van der Waals surface area (Å²) >= 11 is 0. The van der Waals surface area contributed by atoms with Crippen LogP contribution < -0.4 is 10.6 Å². The van der Waals surface area contributed by atoms with E-state index in [0.29, 0.717) is 26.2 Å². The lowest BCUT2D eigenvalue weighted by molar-refractivity contribution is -0.116. The number of carbonyl (C=O) groups excluding carboxylic acids is 1. The Labute approximate surface area is 127 Å².